The normalized spacial score (nSPS) is 11.8. The van der Waals surface area contributed by atoms with E-state index in [1.54, 1.807) is 19.2 Å². The molecule has 3 N–H and O–H groups in total. The van der Waals surface area contributed by atoms with Gasteiger partial charge in [0, 0.05) is 39.2 Å². The van der Waals surface area contributed by atoms with Gasteiger partial charge in [0.05, 0.1) is 17.0 Å². The molecule has 13 heteroatoms. The highest BCUT2D eigenvalue weighted by atomic mass is 32.2. The zero-order valence-electron chi connectivity index (χ0n) is 21.4. The zero-order valence-corrected chi connectivity index (χ0v) is 22.3. The van der Waals surface area contributed by atoms with Crippen LogP contribution in [0.4, 0.5) is 14.5 Å². The van der Waals surface area contributed by atoms with E-state index in [2.05, 4.69) is 35.3 Å². The van der Waals surface area contributed by atoms with Crippen molar-refractivity contribution in [3.8, 4) is 22.5 Å². The van der Waals surface area contributed by atoms with Gasteiger partial charge in [-0.3, -0.25) is 9.52 Å². The van der Waals surface area contributed by atoms with Crippen molar-refractivity contribution in [2.24, 2.45) is 0 Å². The molecule has 0 saturated heterocycles. The molecule has 10 nitrogen and oxygen atoms in total. The molecular weight excluding hydrogens is 552 g/mol. The van der Waals surface area contributed by atoms with Crippen LogP contribution in [0.2, 0.25) is 0 Å². The average Bonchev–Trinajstić information content (AvgIpc) is 3.62. The van der Waals surface area contributed by atoms with Crippen LogP contribution in [-0.4, -0.2) is 50.5 Å². The number of hydrogen-bond acceptors (Lipinski definition) is 7. The molecule has 0 radical (unpaired) electrons. The number of sulfonamides is 1. The fourth-order valence-corrected chi connectivity index (χ4v) is 5.78. The van der Waals surface area contributed by atoms with Gasteiger partial charge in [0.15, 0.2) is 17.4 Å². The molecule has 3 aromatic carbocycles. The molecule has 6 aromatic rings. The number of anilines is 1. The fourth-order valence-electron chi connectivity index (χ4n) is 4.65. The van der Waals surface area contributed by atoms with E-state index in [9.17, 15) is 17.6 Å². The number of nitrogens with one attached hydrogen (secondary N) is 3. The summed E-state index contributed by atoms with van der Waals surface area (Å²) in [4.78, 5) is 21.1. The van der Waals surface area contributed by atoms with Crippen molar-refractivity contribution in [3.05, 3.63) is 89.6 Å². The molecule has 0 bridgehead atoms. The number of aromatic amines is 2. The molecular formula is C28H21F2N7O3S. The van der Waals surface area contributed by atoms with Crippen LogP contribution < -0.4 is 4.72 Å². The number of benzene rings is 3. The summed E-state index contributed by atoms with van der Waals surface area (Å²) < 4.78 is 56.4. The third-order valence-corrected chi connectivity index (χ3v) is 8.08. The van der Waals surface area contributed by atoms with E-state index in [1.165, 1.54) is 12.1 Å². The number of carbonyl (C=O) groups excluding carboxylic acids is 1. The number of ketones is 1. The predicted molar refractivity (Wildman–Crippen MR) is 150 cm³/mol. The lowest BCUT2D eigenvalue weighted by Gasteiger charge is -2.11. The third-order valence-electron chi connectivity index (χ3n) is 6.61. The van der Waals surface area contributed by atoms with Gasteiger partial charge in [0.1, 0.15) is 11.5 Å². The Bertz CT molecular complexity index is 2040. The number of nitrogens with zero attached hydrogens (tertiary/aromatic N) is 4. The standard InChI is InChI=1S/C28H21F2N7O3S/c1-2-11-41(39,40)35-23-10-8-21(29)24(25(23)30)26(38)17-7-9-22-19(12-17)20-13-18(14-31-28(20)32-22)15-3-5-16(6-4-15)27-33-36-37-34-27/h3-10,12-14,35H,2,11H2,1H3,(H,31,32)(H,33,34,36,37). The lowest BCUT2D eigenvalue weighted by molar-refractivity contribution is 0.103. The van der Waals surface area contributed by atoms with Crippen LogP contribution >= 0.6 is 0 Å². The second-order valence-electron chi connectivity index (χ2n) is 9.37. The first-order chi connectivity index (χ1) is 19.7. The van der Waals surface area contributed by atoms with Gasteiger partial charge in [-0.25, -0.2) is 27.3 Å². The highest BCUT2D eigenvalue weighted by Crippen LogP contribution is 2.32. The van der Waals surface area contributed by atoms with Crippen molar-refractivity contribution in [2.75, 3.05) is 10.5 Å². The molecule has 0 amide bonds. The Morgan fingerprint density at radius 2 is 1.73 bits per heavy atom. The Morgan fingerprint density at radius 3 is 2.46 bits per heavy atom. The number of pyridine rings is 1. The molecule has 41 heavy (non-hydrogen) atoms. The highest BCUT2D eigenvalue weighted by Gasteiger charge is 2.24. The van der Waals surface area contributed by atoms with Gasteiger partial charge in [0.25, 0.3) is 0 Å². The number of halogens is 2. The molecule has 3 heterocycles. The number of H-pyrrole nitrogens is 2. The summed E-state index contributed by atoms with van der Waals surface area (Å²) in [7, 11) is -3.86. The number of tetrazole rings is 1. The van der Waals surface area contributed by atoms with Gasteiger partial charge in [-0.2, -0.15) is 0 Å². The topological polar surface area (TPSA) is 146 Å². The van der Waals surface area contributed by atoms with Crippen LogP contribution in [0.1, 0.15) is 29.3 Å². The van der Waals surface area contributed by atoms with E-state index in [0.29, 0.717) is 34.2 Å². The number of carbonyl (C=O) groups is 1. The monoisotopic (exact) mass is 573 g/mol. The molecule has 0 aliphatic rings. The van der Waals surface area contributed by atoms with Crippen molar-refractivity contribution < 1.29 is 22.0 Å². The molecule has 0 aliphatic heterocycles. The van der Waals surface area contributed by atoms with Gasteiger partial charge in [-0.1, -0.05) is 31.2 Å². The van der Waals surface area contributed by atoms with E-state index in [0.717, 1.165) is 28.8 Å². The van der Waals surface area contributed by atoms with Crippen LogP contribution in [0.3, 0.4) is 0 Å². The van der Waals surface area contributed by atoms with E-state index in [4.69, 9.17) is 0 Å². The summed E-state index contributed by atoms with van der Waals surface area (Å²) >= 11 is 0. The first-order valence-corrected chi connectivity index (χ1v) is 14.2. The Kier molecular flexibility index (Phi) is 6.50. The minimum absolute atomic E-state index is 0.0280. The SMILES string of the molecule is CCCS(=O)(=O)Nc1ccc(F)c(C(=O)c2ccc3[nH]c4ncc(-c5ccc(-c6nnn[nH]6)cc5)cc4c3c2)c1F. The van der Waals surface area contributed by atoms with Gasteiger partial charge in [-0.15, -0.1) is 5.10 Å². The molecule has 0 aliphatic carbocycles. The third kappa shape index (κ3) is 4.91. The molecule has 3 aromatic heterocycles. The molecule has 206 valence electrons. The Hall–Kier alpha value is -5.04. The molecule has 0 unspecified atom stereocenters. The number of hydrogen-bond donors (Lipinski definition) is 3. The van der Waals surface area contributed by atoms with Crippen molar-refractivity contribution in [1.82, 2.24) is 30.6 Å². The van der Waals surface area contributed by atoms with Crippen LogP contribution in [0.15, 0.2) is 66.9 Å². The number of fused-ring (bicyclic) bond motifs is 3. The van der Waals surface area contributed by atoms with Crippen molar-refractivity contribution >= 4 is 43.4 Å². The zero-order chi connectivity index (χ0) is 28.7. The largest absolute Gasteiger partial charge is 0.339 e. The predicted octanol–water partition coefficient (Wildman–Crippen LogP) is 5.22. The van der Waals surface area contributed by atoms with Crippen LogP contribution in [0, 0.1) is 11.6 Å². The summed E-state index contributed by atoms with van der Waals surface area (Å²) in [5, 5.41) is 15.1. The highest BCUT2D eigenvalue weighted by molar-refractivity contribution is 7.92. The van der Waals surface area contributed by atoms with E-state index < -0.39 is 38.7 Å². The summed E-state index contributed by atoms with van der Waals surface area (Å²) in [6, 6.07) is 15.9. The molecule has 0 spiro atoms. The Labute approximate surface area is 231 Å². The first-order valence-electron chi connectivity index (χ1n) is 12.5. The van der Waals surface area contributed by atoms with Gasteiger partial charge >= 0.3 is 0 Å². The summed E-state index contributed by atoms with van der Waals surface area (Å²) in [6.07, 6.45) is 2.02. The molecule has 6 rings (SSSR count). The van der Waals surface area contributed by atoms with Crippen molar-refractivity contribution in [1.29, 1.82) is 0 Å². The number of aromatic nitrogens is 6. The van der Waals surface area contributed by atoms with E-state index in [1.807, 2.05) is 30.3 Å². The summed E-state index contributed by atoms with van der Waals surface area (Å²) in [5.74, 6) is -3.01. The Balaban J connectivity index is 1.38. The van der Waals surface area contributed by atoms with Gasteiger partial charge in [0.2, 0.25) is 10.0 Å². The smallest absolute Gasteiger partial charge is 0.232 e. The maximum atomic E-state index is 15.3. The minimum atomic E-state index is -3.86. The molecule has 0 atom stereocenters. The van der Waals surface area contributed by atoms with Gasteiger partial charge < -0.3 is 4.98 Å². The summed E-state index contributed by atoms with van der Waals surface area (Å²) in [5.41, 5.74) is 2.44. The molecule has 0 fully saturated rings. The lowest BCUT2D eigenvalue weighted by Crippen LogP contribution is -2.18. The molecule has 0 saturated carbocycles. The quantitative estimate of drug-likeness (QED) is 0.212. The maximum Gasteiger partial charge on any atom is 0.232 e. The van der Waals surface area contributed by atoms with Crippen LogP contribution in [-0.2, 0) is 10.0 Å². The van der Waals surface area contributed by atoms with E-state index in [-0.39, 0.29) is 11.3 Å². The first kappa shape index (κ1) is 26.2. The van der Waals surface area contributed by atoms with Crippen molar-refractivity contribution in [2.45, 2.75) is 13.3 Å². The summed E-state index contributed by atoms with van der Waals surface area (Å²) in [6.45, 7) is 1.66. The van der Waals surface area contributed by atoms with Crippen LogP contribution in [0.25, 0.3) is 44.5 Å². The lowest BCUT2D eigenvalue weighted by atomic mass is 9.99. The second-order valence-corrected chi connectivity index (χ2v) is 11.2. The maximum absolute atomic E-state index is 15.3. The van der Waals surface area contributed by atoms with Crippen molar-refractivity contribution in [3.63, 3.8) is 0 Å². The number of rotatable bonds is 8. The Morgan fingerprint density at radius 1 is 0.951 bits per heavy atom. The fraction of sp³-hybridized carbons (Fsp3) is 0.107. The van der Waals surface area contributed by atoms with Gasteiger partial charge in [-0.05, 0) is 58.8 Å². The minimum Gasteiger partial charge on any atom is -0.339 e. The second kappa shape index (κ2) is 10.2. The van der Waals surface area contributed by atoms with Crippen LogP contribution in [0.5, 0.6) is 0 Å². The van der Waals surface area contributed by atoms with E-state index >= 15 is 4.39 Å². The average molecular weight is 574 g/mol.